The molecule has 0 bridgehead atoms. The van der Waals surface area contributed by atoms with Crippen LogP contribution in [0.25, 0.3) is 5.70 Å². The number of likely N-dealkylation sites (tertiary alicyclic amines) is 1. The van der Waals surface area contributed by atoms with Crippen LogP contribution in [0.15, 0.2) is 30.5 Å². The minimum absolute atomic E-state index is 0.0246. The maximum absolute atomic E-state index is 13.7. The fourth-order valence-electron chi connectivity index (χ4n) is 5.65. The summed E-state index contributed by atoms with van der Waals surface area (Å²) in [4.78, 5) is 27.6. The number of alkyl carbamates (subject to hydrolysis) is 1. The lowest BCUT2D eigenvalue weighted by atomic mass is 9.79. The Balaban J connectivity index is 1.27. The van der Waals surface area contributed by atoms with Crippen molar-refractivity contribution < 1.29 is 23.6 Å². The quantitative estimate of drug-likeness (QED) is 0.492. The van der Waals surface area contributed by atoms with Gasteiger partial charge < -0.3 is 34.9 Å². The van der Waals surface area contributed by atoms with E-state index in [4.69, 9.17) is 14.0 Å². The average molecular weight is 524 g/mol. The summed E-state index contributed by atoms with van der Waals surface area (Å²) in [6.45, 7) is 12.8. The fourth-order valence-corrected chi connectivity index (χ4v) is 5.65. The first-order chi connectivity index (χ1) is 17.8. The predicted molar refractivity (Wildman–Crippen MR) is 146 cm³/mol. The molecule has 1 saturated carbocycles. The monoisotopic (exact) mass is 524 g/mol. The largest absolute Gasteiger partial charge is 0.494 e. The van der Waals surface area contributed by atoms with Crippen LogP contribution in [0.3, 0.4) is 0 Å². The molecule has 3 atom stereocenters. The van der Waals surface area contributed by atoms with Crippen LogP contribution in [0.5, 0.6) is 0 Å². The highest BCUT2D eigenvalue weighted by molar-refractivity contribution is 6.62. The number of methoxy groups -OCH3 is 1. The number of carbonyl (C=O) groups is 2. The molecule has 0 radical (unpaired) electrons. The molecule has 1 aromatic carbocycles. The summed E-state index contributed by atoms with van der Waals surface area (Å²) in [6.07, 6.45) is 4.51. The van der Waals surface area contributed by atoms with Gasteiger partial charge in [-0.2, -0.15) is 0 Å². The summed E-state index contributed by atoms with van der Waals surface area (Å²) in [6, 6.07) is 7.57. The van der Waals surface area contributed by atoms with Crippen LogP contribution in [0.4, 0.5) is 4.79 Å². The number of nitrogens with one attached hydrogen (secondary N) is 3. The minimum atomic E-state index is -0.629. The fraction of sp³-hybridized carbons (Fsp3) is 0.643. The molecule has 1 aliphatic carbocycles. The van der Waals surface area contributed by atoms with Crippen LogP contribution in [0.2, 0.25) is 0 Å². The number of hydrogen-bond acceptors (Lipinski definition) is 7. The number of amides is 2. The standard InChI is InChI=1S/C28H41BN4O5/c1-17(2)22(32-25(35)36-7)24(34)33-16-28(12-13-28)14-21(33)23-30-15-20(31-23)18-8-10-19(11-9-18)29-37-26(3,4)27(5,6)38-29/h8-11,15,17,21-23,30-31H,12-14,16H2,1-7H3,(H,32,35)/t21-,22-,23?/m0/s1. The molecule has 10 heteroatoms. The Morgan fingerprint density at radius 3 is 2.29 bits per heavy atom. The number of nitrogens with zero attached hydrogens (tertiary/aromatic N) is 1. The molecule has 3 aliphatic heterocycles. The van der Waals surface area contributed by atoms with Crippen molar-refractivity contribution in [1.29, 1.82) is 0 Å². The Labute approximate surface area is 226 Å². The van der Waals surface area contributed by atoms with Crippen LogP contribution in [-0.4, -0.2) is 67.1 Å². The molecule has 3 fully saturated rings. The van der Waals surface area contributed by atoms with E-state index >= 15 is 0 Å². The molecule has 5 rings (SSSR count). The van der Waals surface area contributed by atoms with Gasteiger partial charge >= 0.3 is 13.2 Å². The highest BCUT2D eigenvalue weighted by Gasteiger charge is 2.56. The van der Waals surface area contributed by atoms with Gasteiger partial charge in [0, 0.05) is 12.7 Å². The third-order valence-corrected chi connectivity index (χ3v) is 9.03. The summed E-state index contributed by atoms with van der Waals surface area (Å²) in [5.41, 5.74) is 2.44. The molecule has 0 aromatic heterocycles. The van der Waals surface area contributed by atoms with Crippen molar-refractivity contribution in [3.8, 4) is 0 Å². The normalized spacial score (nSPS) is 27.1. The summed E-state index contributed by atoms with van der Waals surface area (Å²) in [7, 11) is 0.919. The smallest absolute Gasteiger partial charge is 0.453 e. The van der Waals surface area contributed by atoms with Crippen molar-refractivity contribution in [1.82, 2.24) is 20.9 Å². The van der Waals surface area contributed by atoms with Crippen molar-refractivity contribution in [2.45, 2.75) is 90.3 Å². The molecule has 3 N–H and O–H groups in total. The van der Waals surface area contributed by atoms with Gasteiger partial charge in [-0.05, 0) is 69.3 Å². The maximum Gasteiger partial charge on any atom is 0.494 e. The van der Waals surface area contributed by atoms with Gasteiger partial charge in [-0.3, -0.25) is 4.79 Å². The van der Waals surface area contributed by atoms with Gasteiger partial charge in [-0.15, -0.1) is 0 Å². The Kier molecular flexibility index (Phi) is 6.71. The molecule has 4 aliphatic rings. The summed E-state index contributed by atoms with van der Waals surface area (Å²) < 4.78 is 17.2. The van der Waals surface area contributed by atoms with Crippen LogP contribution >= 0.6 is 0 Å². The van der Waals surface area contributed by atoms with Gasteiger partial charge in [-0.1, -0.05) is 38.1 Å². The molecule has 1 spiro atoms. The SMILES string of the molecule is COC(=O)N[C@H](C(=O)N1CC2(CC2)C[C@H]1C1NC=C(c2ccc(B3OC(C)(C)C(C)(C)O3)cc2)N1)C(C)C. The van der Waals surface area contributed by atoms with Crippen LogP contribution in [-0.2, 0) is 18.8 Å². The molecule has 2 amide bonds. The van der Waals surface area contributed by atoms with Gasteiger partial charge in [0.25, 0.3) is 0 Å². The van der Waals surface area contributed by atoms with E-state index in [0.717, 1.165) is 42.5 Å². The lowest BCUT2D eigenvalue weighted by molar-refractivity contribution is -0.136. The highest BCUT2D eigenvalue weighted by Crippen LogP contribution is 2.55. The molecule has 1 aromatic rings. The summed E-state index contributed by atoms with van der Waals surface area (Å²) in [5.74, 6) is -0.110. The van der Waals surface area contributed by atoms with Crippen molar-refractivity contribution in [2.75, 3.05) is 13.7 Å². The Morgan fingerprint density at radius 1 is 1.11 bits per heavy atom. The predicted octanol–water partition coefficient (Wildman–Crippen LogP) is 2.56. The zero-order valence-electron chi connectivity index (χ0n) is 23.6. The molecule has 38 heavy (non-hydrogen) atoms. The van der Waals surface area contributed by atoms with Gasteiger partial charge in [0.1, 0.15) is 12.2 Å². The first-order valence-electron chi connectivity index (χ1n) is 13.7. The van der Waals surface area contributed by atoms with E-state index in [9.17, 15) is 9.59 Å². The van der Waals surface area contributed by atoms with E-state index in [2.05, 4.69) is 55.8 Å². The van der Waals surface area contributed by atoms with Crippen LogP contribution in [0.1, 0.15) is 66.4 Å². The van der Waals surface area contributed by atoms with Crippen molar-refractivity contribution in [2.24, 2.45) is 11.3 Å². The molecular weight excluding hydrogens is 483 g/mol. The van der Waals surface area contributed by atoms with Crippen LogP contribution < -0.4 is 21.4 Å². The summed E-state index contributed by atoms with van der Waals surface area (Å²) >= 11 is 0. The lowest BCUT2D eigenvalue weighted by Crippen LogP contribution is -2.57. The Hall–Kier alpha value is -2.72. The van der Waals surface area contributed by atoms with Gasteiger partial charge in [-0.25, -0.2) is 4.79 Å². The first kappa shape index (κ1) is 26.9. The molecular formula is C28H41BN4O5. The van der Waals surface area contributed by atoms with Crippen LogP contribution in [0, 0.1) is 11.3 Å². The van der Waals surface area contributed by atoms with E-state index < -0.39 is 19.3 Å². The van der Waals surface area contributed by atoms with E-state index in [-0.39, 0.29) is 40.6 Å². The second-order valence-corrected chi connectivity index (χ2v) is 12.7. The van der Waals surface area contributed by atoms with Crippen molar-refractivity contribution in [3.05, 3.63) is 36.0 Å². The van der Waals surface area contributed by atoms with E-state index in [1.807, 2.05) is 37.1 Å². The number of carbonyl (C=O) groups excluding carboxylic acids is 2. The Bertz CT molecular complexity index is 1100. The second-order valence-electron chi connectivity index (χ2n) is 12.7. The summed E-state index contributed by atoms with van der Waals surface area (Å²) in [5, 5.41) is 9.84. The number of benzene rings is 1. The third-order valence-electron chi connectivity index (χ3n) is 9.03. The number of ether oxygens (including phenoxy) is 1. The van der Waals surface area contributed by atoms with Crippen molar-refractivity contribution in [3.63, 3.8) is 0 Å². The zero-order chi connectivity index (χ0) is 27.5. The second kappa shape index (κ2) is 9.48. The maximum atomic E-state index is 13.7. The lowest BCUT2D eigenvalue weighted by Gasteiger charge is -2.34. The molecule has 206 valence electrons. The first-order valence-corrected chi connectivity index (χ1v) is 13.7. The average Bonchev–Trinajstić information content (AvgIpc) is 3.18. The molecule has 2 saturated heterocycles. The van der Waals surface area contributed by atoms with E-state index in [0.29, 0.717) is 0 Å². The molecule has 9 nitrogen and oxygen atoms in total. The minimum Gasteiger partial charge on any atom is -0.453 e. The van der Waals surface area contributed by atoms with Gasteiger partial charge in [0.15, 0.2) is 0 Å². The zero-order valence-corrected chi connectivity index (χ0v) is 23.6. The third kappa shape index (κ3) is 4.88. The Morgan fingerprint density at radius 2 is 1.74 bits per heavy atom. The molecule has 3 heterocycles. The van der Waals surface area contributed by atoms with Gasteiger partial charge in [0.05, 0.1) is 30.1 Å². The number of hydrogen-bond donors (Lipinski definition) is 3. The van der Waals surface area contributed by atoms with E-state index in [1.165, 1.54) is 7.11 Å². The molecule has 1 unspecified atom stereocenters. The highest BCUT2D eigenvalue weighted by atomic mass is 16.7. The number of rotatable bonds is 6. The van der Waals surface area contributed by atoms with Gasteiger partial charge in [0.2, 0.25) is 5.91 Å². The topological polar surface area (TPSA) is 101 Å². The van der Waals surface area contributed by atoms with Crippen molar-refractivity contribution >= 4 is 30.3 Å². The van der Waals surface area contributed by atoms with E-state index in [1.54, 1.807) is 0 Å².